The minimum Gasteiger partial charge on any atom is -0.349 e. The van der Waals surface area contributed by atoms with E-state index in [1.165, 1.54) is 17.2 Å². The lowest BCUT2D eigenvalue weighted by Gasteiger charge is -2.10. The fraction of sp³-hybridized carbons (Fsp3) is 0.500. The summed E-state index contributed by atoms with van der Waals surface area (Å²) in [4.78, 5) is 16.7. The Bertz CT molecular complexity index is 588. The van der Waals surface area contributed by atoms with Gasteiger partial charge in [-0.15, -0.1) is 0 Å². The SMILES string of the molecule is CN(C)C(=O)CCCS(=O)(=O)Cc1ncc(Cl)cc1Cl. The molecule has 0 aromatic carbocycles. The van der Waals surface area contributed by atoms with Gasteiger partial charge in [-0.1, -0.05) is 23.2 Å². The highest BCUT2D eigenvalue weighted by Gasteiger charge is 2.16. The van der Waals surface area contributed by atoms with Crippen molar-refractivity contribution in [1.82, 2.24) is 9.88 Å². The molecule has 0 N–H and O–H groups in total. The second kappa shape index (κ2) is 7.24. The molecule has 0 atom stereocenters. The molecule has 8 heteroatoms. The van der Waals surface area contributed by atoms with Gasteiger partial charge in [0, 0.05) is 26.7 Å². The van der Waals surface area contributed by atoms with Gasteiger partial charge in [0.1, 0.15) is 0 Å². The molecule has 0 spiro atoms. The number of carbonyl (C=O) groups is 1. The number of nitrogens with zero attached hydrogens (tertiary/aromatic N) is 2. The maximum atomic E-state index is 11.9. The Hall–Kier alpha value is -0.850. The Morgan fingerprint density at radius 3 is 2.55 bits per heavy atom. The van der Waals surface area contributed by atoms with Crippen molar-refractivity contribution in [2.45, 2.75) is 18.6 Å². The van der Waals surface area contributed by atoms with Crippen molar-refractivity contribution in [1.29, 1.82) is 0 Å². The summed E-state index contributed by atoms with van der Waals surface area (Å²) in [6.07, 6.45) is 1.84. The van der Waals surface area contributed by atoms with E-state index in [1.54, 1.807) is 14.1 Å². The average Bonchev–Trinajstić information content (AvgIpc) is 2.32. The van der Waals surface area contributed by atoms with Gasteiger partial charge in [0.25, 0.3) is 0 Å². The molecule has 0 radical (unpaired) electrons. The molecule has 0 bridgehead atoms. The number of carbonyl (C=O) groups excluding carboxylic acids is 1. The van der Waals surface area contributed by atoms with Gasteiger partial charge >= 0.3 is 0 Å². The number of sulfone groups is 1. The second-order valence-corrected chi connectivity index (χ2v) is 7.59. The summed E-state index contributed by atoms with van der Waals surface area (Å²) in [7, 11) is -0.0858. The quantitative estimate of drug-likeness (QED) is 0.797. The van der Waals surface area contributed by atoms with Crippen molar-refractivity contribution in [3.63, 3.8) is 0 Å². The third-order valence-corrected chi connectivity index (χ3v) is 4.74. The van der Waals surface area contributed by atoms with Crippen LogP contribution in [0.4, 0.5) is 0 Å². The van der Waals surface area contributed by atoms with E-state index in [-0.39, 0.29) is 41.0 Å². The zero-order valence-electron chi connectivity index (χ0n) is 11.3. The first-order valence-electron chi connectivity index (χ1n) is 5.92. The van der Waals surface area contributed by atoms with Crippen LogP contribution in [0.5, 0.6) is 0 Å². The second-order valence-electron chi connectivity index (χ2n) is 4.57. The molecule has 0 aliphatic carbocycles. The molecule has 0 fully saturated rings. The summed E-state index contributed by atoms with van der Waals surface area (Å²) < 4.78 is 23.9. The molecule has 112 valence electrons. The van der Waals surface area contributed by atoms with E-state index >= 15 is 0 Å². The number of hydrogen-bond acceptors (Lipinski definition) is 4. The van der Waals surface area contributed by atoms with E-state index in [9.17, 15) is 13.2 Å². The number of halogens is 2. The molecule has 1 heterocycles. The Balaban J connectivity index is 2.59. The highest BCUT2D eigenvalue weighted by molar-refractivity contribution is 7.90. The molecule has 0 unspecified atom stereocenters. The molecule has 1 rings (SSSR count). The molecule has 0 saturated carbocycles. The highest BCUT2D eigenvalue weighted by atomic mass is 35.5. The Kier molecular flexibility index (Phi) is 6.23. The van der Waals surface area contributed by atoms with Crippen LogP contribution < -0.4 is 0 Å². The van der Waals surface area contributed by atoms with Gasteiger partial charge in [-0.3, -0.25) is 9.78 Å². The van der Waals surface area contributed by atoms with Crippen LogP contribution in [0.25, 0.3) is 0 Å². The van der Waals surface area contributed by atoms with Gasteiger partial charge in [0.05, 0.1) is 27.2 Å². The topological polar surface area (TPSA) is 67.3 Å². The number of amides is 1. The molecule has 1 aromatic heterocycles. The molecule has 0 saturated heterocycles. The van der Waals surface area contributed by atoms with E-state index < -0.39 is 9.84 Å². The van der Waals surface area contributed by atoms with Gasteiger partial charge in [0.2, 0.25) is 5.91 Å². The van der Waals surface area contributed by atoms with E-state index in [4.69, 9.17) is 23.2 Å². The van der Waals surface area contributed by atoms with Gasteiger partial charge in [-0.05, 0) is 12.5 Å². The molecular formula is C12H16Cl2N2O3S. The summed E-state index contributed by atoms with van der Waals surface area (Å²) in [6, 6.07) is 1.45. The average molecular weight is 339 g/mol. The fourth-order valence-electron chi connectivity index (χ4n) is 1.50. The first kappa shape index (κ1) is 17.2. The predicted octanol–water partition coefficient (Wildman–Crippen LogP) is 2.17. The zero-order valence-corrected chi connectivity index (χ0v) is 13.6. The monoisotopic (exact) mass is 338 g/mol. The largest absolute Gasteiger partial charge is 0.349 e. The van der Waals surface area contributed by atoms with Crippen LogP contribution in [-0.2, 0) is 20.4 Å². The molecule has 0 aliphatic heterocycles. The lowest BCUT2D eigenvalue weighted by molar-refractivity contribution is -0.128. The summed E-state index contributed by atoms with van der Waals surface area (Å²) in [6.45, 7) is 0. The van der Waals surface area contributed by atoms with Gasteiger partial charge in [-0.2, -0.15) is 0 Å². The van der Waals surface area contributed by atoms with Gasteiger partial charge < -0.3 is 4.90 Å². The zero-order chi connectivity index (χ0) is 15.3. The maximum absolute atomic E-state index is 11.9. The molecule has 20 heavy (non-hydrogen) atoms. The summed E-state index contributed by atoms with van der Waals surface area (Å²) in [5, 5.41) is 0.582. The van der Waals surface area contributed by atoms with Crippen molar-refractivity contribution >= 4 is 38.9 Å². The predicted molar refractivity (Wildman–Crippen MR) is 79.7 cm³/mol. The first-order chi connectivity index (χ1) is 9.21. The minimum atomic E-state index is -3.35. The van der Waals surface area contributed by atoms with E-state index in [2.05, 4.69) is 4.98 Å². The van der Waals surface area contributed by atoms with Crippen LogP contribution in [0.2, 0.25) is 10.0 Å². The van der Waals surface area contributed by atoms with Crippen molar-refractivity contribution < 1.29 is 13.2 Å². The molecule has 1 amide bonds. The van der Waals surface area contributed by atoms with Crippen molar-refractivity contribution in [2.24, 2.45) is 0 Å². The summed E-state index contributed by atoms with van der Waals surface area (Å²) in [5.74, 6) is -0.422. The number of hydrogen-bond donors (Lipinski definition) is 0. The van der Waals surface area contributed by atoms with Crippen molar-refractivity contribution in [2.75, 3.05) is 19.8 Å². The Morgan fingerprint density at radius 2 is 2.00 bits per heavy atom. The third kappa shape index (κ3) is 5.64. The molecule has 0 aliphatic rings. The van der Waals surface area contributed by atoms with Crippen LogP contribution >= 0.6 is 23.2 Å². The standard InChI is InChI=1S/C12H16Cl2N2O3S/c1-16(2)12(17)4-3-5-20(18,19)8-11-10(14)6-9(13)7-15-11/h6-7H,3-5,8H2,1-2H3. The smallest absolute Gasteiger partial charge is 0.222 e. The summed E-state index contributed by atoms with van der Waals surface area (Å²) >= 11 is 11.6. The Morgan fingerprint density at radius 1 is 1.35 bits per heavy atom. The number of aromatic nitrogens is 1. The Labute approximate surface area is 128 Å². The van der Waals surface area contributed by atoms with E-state index in [1.807, 2.05) is 0 Å². The number of pyridine rings is 1. The maximum Gasteiger partial charge on any atom is 0.222 e. The van der Waals surface area contributed by atoms with Crippen LogP contribution in [0.3, 0.4) is 0 Å². The first-order valence-corrected chi connectivity index (χ1v) is 8.49. The fourth-order valence-corrected chi connectivity index (χ4v) is 3.40. The van der Waals surface area contributed by atoms with Crippen LogP contribution in [0.15, 0.2) is 12.3 Å². The van der Waals surface area contributed by atoms with Crippen LogP contribution in [-0.4, -0.2) is 44.1 Å². The van der Waals surface area contributed by atoms with Crippen LogP contribution in [0.1, 0.15) is 18.5 Å². The van der Waals surface area contributed by atoms with Crippen molar-refractivity contribution in [3.8, 4) is 0 Å². The third-order valence-electron chi connectivity index (χ3n) is 2.59. The molecule has 5 nitrogen and oxygen atoms in total. The van der Waals surface area contributed by atoms with E-state index in [0.717, 1.165) is 0 Å². The lowest BCUT2D eigenvalue weighted by Crippen LogP contribution is -2.22. The van der Waals surface area contributed by atoms with Crippen molar-refractivity contribution in [3.05, 3.63) is 28.0 Å². The van der Waals surface area contributed by atoms with Gasteiger partial charge in [0.15, 0.2) is 9.84 Å². The normalized spacial score (nSPS) is 11.4. The minimum absolute atomic E-state index is 0.0762. The van der Waals surface area contributed by atoms with E-state index in [0.29, 0.717) is 5.02 Å². The number of rotatable bonds is 6. The highest BCUT2D eigenvalue weighted by Crippen LogP contribution is 2.20. The molecule has 1 aromatic rings. The van der Waals surface area contributed by atoms with Gasteiger partial charge in [-0.25, -0.2) is 8.42 Å². The van der Waals surface area contributed by atoms with Crippen LogP contribution in [0, 0.1) is 0 Å². The lowest BCUT2D eigenvalue weighted by atomic mass is 10.3. The summed E-state index contributed by atoms with van der Waals surface area (Å²) in [5.41, 5.74) is 0.273. The molecular weight excluding hydrogens is 323 g/mol.